The van der Waals surface area contributed by atoms with Crippen molar-refractivity contribution in [2.24, 2.45) is 12.0 Å². The molecule has 0 bridgehead atoms. The van der Waals surface area contributed by atoms with Crippen LogP contribution in [0.2, 0.25) is 0 Å². The third-order valence-corrected chi connectivity index (χ3v) is 5.32. The number of nitrogens with zero attached hydrogens (tertiary/aromatic N) is 4. The molecule has 29 heavy (non-hydrogen) atoms. The Morgan fingerprint density at radius 3 is 2.66 bits per heavy atom. The number of sulfonamides is 1. The maximum atomic E-state index is 12.2. The van der Waals surface area contributed by atoms with Crippen LogP contribution < -0.4 is 15.4 Å². The molecule has 0 fully saturated rings. The summed E-state index contributed by atoms with van der Waals surface area (Å²) in [4.78, 5) is 8.31. The van der Waals surface area contributed by atoms with E-state index in [1.165, 1.54) is 18.5 Å². The molecule has 0 amide bonds. The van der Waals surface area contributed by atoms with Crippen molar-refractivity contribution < 1.29 is 13.5 Å². The van der Waals surface area contributed by atoms with Crippen LogP contribution >= 0.6 is 24.0 Å². The summed E-state index contributed by atoms with van der Waals surface area (Å²) >= 11 is 0. The van der Waals surface area contributed by atoms with Gasteiger partial charge < -0.3 is 15.7 Å². The van der Waals surface area contributed by atoms with Crippen LogP contribution in [0.4, 0.5) is 0 Å². The normalized spacial score (nSPS) is 14.0. The standard InChI is InChI=1S/C17H27N7O3S.HI/c1-4-19-16(21-13-17(2,25)14-10-22-24(3)12-14)20-8-9-23-28(26,27)15-6-5-7-18-11-15;/h5-7,10-12,23,25H,4,8-9,13H2,1-3H3,(H2,19,20,21);1H. The summed E-state index contributed by atoms with van der Waals surface area (Å²) in [5.74, 6) is 0.479. The fourth-order valence-corrected chi connectivity index (χ4v) is 3.32. The predicted octanol–water partition coefficient (Wildman–Crippen LogP) is 0.174. The van der Waals surface area contributed by atoms with Crippen molar-refractivity contribution in [3.63, 3.8) is 0 Å². The molecule has 0 aromatic carbocycles. The zero-order valence-electron chi connectivity index (χ0n) is 16.7. The topological polar surface area (TPSA) is 134 Å². The van der Waals surface area contributed by atoms with Gasteiger partial charge in [-0.1, -0.05) is 0 Å². The van der Waals surface area contributed by atoms with E-state index in [0.29, 0.717) is 24.6 Å². The van der Waals surface area contributed by atoms with E-state index in [1.54, 1.807) is 37.1 Å². The molecule has 0 spiro atoms. The van der Waals surface area contributed by atoms with E-state index < -0.39 is 15.6 Å². The zero-order valence-corrected chi connectivity index (χ0v) is 19.8. The quantitative estimate of drug-likeness (QED) is 0.155. The number of hydrogen-bond donors (Lipinski definition) is 4. The minimum Gasteiger partial charge on any atom is -0.383 e. The van der Waals surface area contributed by atoms with Crippen LogP contribution in [0.3, 0.4) is 0 Å². The van der Waals surface area contributed by atoms with Crippen LogP contribution in [0, 0.1) is 0 Å². The highest BCUT2D eigenvalue weighted by Gasteiger charge is 2.24. The molecule has 0 saturated heterocycles. The van der Waals surface area contributed by atoms with E-state index in [9.17, 15) is 13.5 Å². The molecule has 10 nitrogen and oxygen atoms in total. The van der Waals surface area contributed by atoms with Crippen molar-refractivity contribution >= 4 is 40.0 Å². The van der Waals surface area contributed by atoms with Crippen molar-refractivity contribution in [3.8, 4) is 0 Å². The molecule has 0 saturated carbocycles. The number of nitrogens with one attached hydrogen (secondary N) is 3. The lowest BCUT2D eigenvalue weighted by atomic mass is 10.0. The molecular weight excluding hydrogens is 509 g/mol. The van der Waals surface area contributed by atoms with Gasteiger partial charge in [0.1, 0.15) is 10.5 Å². The molecule has 0 aliphatic rings. The van der Waals surface area contributed by atoms with E-state index in [4.69, 9.17) is 0 Å². The molecular formula is C17H28IN7O3S. The number of guanidine groups is 1. The fourth-order valence-electron chi connectivity index (χ4n) is 2.32. The molecule has 1 atom stereocenters. The van der Waals surface area contributed by atoms with Crippen LogP contribution in [0.15, 0.2) is 46.8 Å². The van der Waals surface area contributed by atoms with Gasteiger partial charge in [0.25, 0.3) is 0 Å². The Morgan fingerprint density at radius 1 is 1.31 bits per heavy atom. The summed E-state index contributed by atoms with van der Waals surface area (Å²) in [5, 5.41) is 20.8. The van der Waals surface area contributed by atoms with Crippen LogP contribution in [0.5, 0.6) is 0 Å². The average Bonchev–Trinajstić information content (AvgIpc) is 3.11. The molecule has 2 heterocycles. The first kappa shape index (κ1) is 25.3. The number of hydrogen-bond acceptors (Lipinski definition) is 6. The number of aliphatic imine (C=N–C) groups is 1. The smallest absolute Gasteiger partial charge is 0.242 e. The first-order valence-corrected chi connectivity index (χ1v) is 10.4. The maximum Gasteiger partial charge on any atom is 0.242 e. The van der Waals surface area contributed by atoms with E-state index >= 15 is 0 Å². The molecule has 2 aromatic rings. The number of pyridine rings is 1. The molecule has 2 aromatic heterocycles. The zero-order chi connectivity index (χ0) is 20.6. The highest BCUT2D eigenvalue weighted by molar-refractivity contribution is 14.0. The third kappa shape index (κ3) is 7.87. The van der Waals surface area contributed by atoms with Gasteiger partial charge in [0.2, 0.25) is 10.0 Å². The lowest BCUT2D eigenvalue weighted by Crippen LogP contribution is -2.42. The largest absolute Gasteiger partial charge is 0.383 e. The van der Waals surface area contributed by atoms with Crippen molar-refractivity contribution in [1.82, 2.24) is 30.1 Å². The first-order valence-electron chi connectivity index (χ1n) is 8.88. The Labute approximate surface area is 188 Å². The second-order valence-electron chi connectivity index (χ2n) is 6.38. The predicted molar refractivity (Wildman–Crippen MR) is 122 cm³/mol. The Balaban J connectivity index is 0.00000420. The van der Waals surface area contributed by atoms with Crippen molar-refractivity contribution in [1.29, 1.82) is 0 Å². The van der Waals surface area contributed by atoms with E-state index in [0.717, 1.165) is 0 Å². The lowest BCUT2D eigenvalue weighted by Gasteiger charge is -2.20. The second kappa shape index (κ2) is 11.4. The van der Waals surface area contributed by atoms with E-state index in [1.807, 2.05) is 6.92 Å². The molecule has 162 valence electrons. The number of rotatable bonds is 9. The van der Waals surface area contributed by atoms with Crippen LogP contribution in [0.25, 0.3) is 0 Å². The summed E-state index contributed by atoms with van der Waals surface area (Å²) in [6, 6.07) is 3.05. The van der Waals surface area contributed by atoms with Gasteiger partial charge >= 0.3 is 0 Å². The van der Waals surface area contributed by atoms with Gasteiger partial charge in [0, 0.05) is 50.8 Å². The van der Waals surface area contributed by atoms with Crippen molar-refractivity contribution in [2.75, 3.05) is 26.2 Å². The molecule has 12 heteroatoms. The average molecular weight is 537 g/mol. The van der Waals surface area contributed by atoms with Gasteiger partial charge in [-0.2, -0.15) is 5.10 Å². The highest BCUT2D eigenvalue weighted by atomic mass is 127. The number of aromatic nitrogens is 3. The molecule has 4 N–H and O–H groups in total. The van der Waals surface area contributed by atoms with Gasteiger partial charge in [-0.05, 0) is 26.0 Å². The van der Waals surface area contributed by atoms with Gasteiger partial charge in [0.05, 0.1) is 12.7 Å². The number of halogens is 1. The summed E-state index contributed by atoms with van der Waals surface area (Å²) in [7, 11) is -1.82. The third-order valence-electron chi connectivity index (χ3n) is 3.87. The monoisotopic (exact) mass is 537 g/mol. The van der Waals surface area contributed by atoms with E-state index in [2.05, 4.69) is 30.4 Å². The Bertz CT molecular complexity index is 885. The second-order valence-corrected chi connectivity index (χ2v) is 8.15. The van der Waals surface area contributed by atoms with Crippen molar-refractivity contribution in [3.05, 3.63) is 42.5 Å². The minimum absolute atomic E-state index is 0. The Hall–Kier alpha value is -1.77. The fraction of sp³-hybridized carbons (Fsp3) is 0.471. The molecule has 2 rings (SSSR count). The lowest BCUT2D eigenvalue weighted by molar-refractivity contribution is 0.0672. The molecule has 0 aliphatic carbocycles. The summed E-state index contributed by atoms with van der Waals surface area (Å²) in [5.41, 5.74) is -0.503. The Morgan fingerprint density at radius 2 is 2.07 bits per heavy atom. The minimum atomic E-state index is -3.60. The summed E-state index contributed by atoms with van der Waals surface area (Å²) < 4.78 is 28.4. The Kier molecular flexibility index (Phi) is 9.95. The maximum absolute atomic E-state index is 12.2. The van der Waals surface area contributed by atoms with Crippen molar-refractivity contribution in [2.45, 2.75) is 24.3 Å². The van der Waals surface area contributed by atoms with Crippen LogP contribution in [0.1, 0.15) is 19.4 Å². The molecule has 1 unspecified atom stereocenters. The summed E-state index contributed by atoms with van der Waals surface area (Å²) in [6.45, 7) is 4.82. The van der Waals surface area contributed by atoms with Gasteiger partial charge in [-0.3, -0.25) is 9.67 Å². The van der Waals surface area contributed by atoms with Gasteiger partial charge in [-0.15, -0.1) is 24.0 Å². The summed E-state index contributed by atoms with van der Waals surface area (Å²) in [6.07, 6.45) is 6.15. The van der Waals surface area contributed by atoms with Crippen LogP contribution in [-0.2, 0) is 22.7 Å². The molecule has 0 radical (unpaired) electrons. The number of aliphatic hydroxyl groups is 1. The number of aryl methyl sites for hydroxylation is 1. The highest BCUT2D eigenvalue weighted by Crippen LogP contribution is 2.19. The first-order chi connectivity index (χ1) is 13.2. The SMILES string of the molecule is CCNC(=NCC(C)(O)c1cnn(C)c1)NCCNS(=O)(=O)c1cccnc1.I. The van der Waals surface area contributed by atoms with Crippen LogP contribution in [-0.4, -0.2) is 60.4 Å². The molecule has 0 aliphatic heterocycles. The van der Waals surface area contributed by atoms with Gasteiger partial charge in [0.15, 0.2) is 5.96 Å². The van der Waals surface area contributed by atoms with E-state index in [-0.39, 0.29) is 42.0 Å². The van der Waals surface area contributed by atoms with Gasteiger partial charge in [-0.25, -0.2) is 18.1 Å².